The third-order valence-electron chi connectivity index (χ3n) is 5.53. The van der Waals surface area contributed by atoms with Crippen LogP contribution in [0.4, 0.5) is 14.9 Å². The number of cyclic esters (lactones) is 1. The van der Waals surface area contributed by atoms with Gasteiger partial charge in [0.2, 0.25) is 0 Å². The van der Waals surface area contributed by atoms with Crippen molar-refractivity contribution in [2.75, 3.05) is 20.8 Å². The number of aryl methyl sites for hydroxylation is 1. The monoisotopic (exact) mass is 513 g/mol. The van der Waals surface area contributed by atoms with Gasteiger partial charge in [-0.3, -0.25) is 9.67 Å². The van der Waals surface area contributed by atoms with Gasteiger partial charge in [0.25, 0.3) is 0 Å². The van der Waals surface area contributed by atoms with Crippen molar-refractivity contribution in [3.05, 3.63) is 54.2 Å². The number of benzene rings is 1. The fraction of sp³-hybridized carbons (Fsp3) is 0.261. The van der Waals surface area contributed by atoms with Crippen molar-refractivity contribution < 1.29 is 23.4 Å². The van der Waals surface area contributed by atoms with Gasteiger partial charge in [0.1, 0.15) is 29.0 Å². The highest BCUT2D eigenvalue weighted by atomic mass is 32.1. The number of nitrogens with zero attached hydrogens (tertiary/aromatic N) is 6. The van der Waals surface area contributed by atoms with E-state index in [0.29, 0.717) is 28.1 Å². The lowest BCUT2D eigenvalue weighted by atomic mass is 10.2. The van der Waals surface area contributed by atoms with Crippen molar-refractivity contribution in [1.82, 2.24) is 29.6 Å². The minimum absolute atomic E-state index is 0. The standard InChI is InChI=1S/C23H22FN7O4.H2S/c1-30-10-13(8-26-30)18-9-25-16-4-5-20(28-17-6-15(33-2)7-19(34-3)21(17)24)31(22(16)29-18)11-14-12-35-23(32)27-14;/h4-10,14H,11-12H2,1-3H3,(H,27,32);1H2. The largest absolute Gasteiger partial charge is 0.497 e. The molecule has 3 aromatic heterocycles. The maximum Gasteiger partial charge on any atom is 0.407 e. The van der Waals surface area contributed by atoms with E-state index >= 15 is 4.39 Å². The van der Waals surface area contributed by atoms with Crippen LogP contribution in [0, 0.1) is 5.82 Å². The Labute approximate surface area is 212 Å². The Hall–Kier alpha value is -4.13. The Bertz CT molecular complexity index is 1500. The molecule has 4 heterocycles. The smallest absolute Gasteiger partial charge is 0.407 e. The molecule has 0 radical (unpaired) electrons. The molecule has 1 N–H and O–H groups in total. The first kappa shape index (κ1) is 25.0. The number of halogens is 1. The number of pyridine rings is 1. The number of hydrogen-bond acceptors (Lipinski definition) is 8. The molecule has 1 unspecified atom stereocenters. The zero-order valence-corrected chi connectivity index (χ0v) is 20.7. The maximum absolute atomic E-state index is 15.1. The highest BCUT2D eigenvalue weighted by Crippen LogP contribution is 2.32. The van der Waals surface area contributed by atoms with Crippen LogP contribution in [0.25, 0.3) is 22.4 Å². The highest BCUT2D eigenvalue weighted by molar-refractivity contribution is 7.59. The molecule has 4 aromatic rings. The normalized spacial score (nSPS) is 15.4. The van der Waals surface area contributed by atoms with Gasteiger partial charge in [0.05, 0.1) is 38.3 Å². The van der Waals surface area contributed by atoms with Gasteiger partial charge >= 0.3 is 6.09 Å². The average molecular weight is 514 g/mol. The molecule has 188 valence electrons. The minimum atomic E-state index is -0.632. The number of nitrogens with one attached hydrogen (secondary N) is 1. The average Bonchev–Trinajstić information content (AvgIpc) is 3.49. The summed E-state index contributed by atoms with van der Waals surface area (Å²) >= 11 is 0. The number of rotatable bonds is 6. The molecule has 11 nitrogen and oxygen atoms in total. The summed E-state index contributed by atoms with van der Waals surface area (Å²) in [4.78, 5) is 25.5. The summed E-state index contributed by atoms with van der Waals surface area (Å²) < 4.78 is 34.0. The number of aromatic nitrogens is 5. The summed E-state index contributed by atoms with van der Waals surface area (Å²) in [6.45, 7) is 0.453. The van der Waals surface area contributed by atoms with E-state index in [1.54, 1.807) is 33.8 Å². The maximum atomic E-state index is 15.1. The molecule has 1 fully saturated rings. The minimum Gasteiger partial charge on any atom is -0.497 e. The summed E-state index contributed by atoms with van der Waals surface area (Å²) in [5, 5.41) is 6.95. The number of methoxy groups -OCH3 is 2. The molecule has 1 aromatic carbocycles. The van der Waals surface area contributed by atoms with Crippen LogP contribution in [0.1, 0.15) is 0 Å². The molecule has 1 amide bonds. The topological polar surface area (TPSA) is 118 Å². The van der Waals surface area contributed by atoms with Gasteiger partial charge < -0.3 is 24.1 Å². The van der Waals surface area contributed by atoms with Gasteiger partial charge in [-0.25, -0.2) is 19.2 Å². The third kappa shape index (κ3) is 4.82. The van der Waals surface area contributed by atoms with Crippen LogP contribution in [0.3, 0.4) is 0 Å². The van der Waals surface area contributed by atoms with Gasteiger partial charge in [0.15, 0.2) is 17.2 Å². The molecule has 0 aliphatic carbocycles. The predicted octanol–water partition coefficient (Wildman–Crippen LogP) is 2.44. The molecule has 0 saturated carbocycles. The van der Waals surface area contributed by atoms with Gasteiger partial charge in [-0.15, -0.1) is 0 Å². The van der Waals surface area contributed by atoms with Crippen LogP contribution < -0.4 is 20.3 Å². The van der Waals surface area contributed by atoms with Crippen molar-refractivity contribution in [2.24, 2.45) is 12.0 Å². The molecular formula is C23H24FN7O4S. The van der Waals surface area contributed by atoms with Crippen molar-refractivity contribution in [1.29, 1.82) is 0 Å². The summed E-state index contributed by atoms with van der Waals surface area (Å²) in [5.41, 5.74) is 2.92. The van der Waals surface area contributed by atoms with Gasteiger partial charge in [-0.05, 0) is 12.1 Å². The molecule has 1 aliphatic heterocycles. The Kier molecular flexibility index (Phi) is 7.10. The van der Waals surface area contributed by atoms with E-state index in [9.17, 15) is 4.79 Å². The third-order valence-corrected chi connectivity index (χ3v) is 5.53. The lowest BCUT2D eigenvalue weighted by Crippen LogP contribution is -2.35. The van der Waals surface area contributed by atoms with Crippen LogP contribution in [-0.2, 0) is 18.3 Å². The van der Waals surface area contributed by atoms with Crippen LogP contribution in [-0.4, -0.2) is 57.3 Å². The highest BCUT2D eigenvalue weighted by Gasteiger charge is 2.24. The van der Waals surface area contributed by atoms with Crippen LogP contribution in [0.15, 0.2) is 47.8 Å². The van der Waals surface area contributed by atoms with Crippen molar-refractivity contribution in [3.63, 3.8) is 0 Å². The van der Waals surface area contributed by atoms with E-state index in [1.165, 1.54) is 26.4 Å². The Balaban J connectivity index is 0.00000304. The molecule has 1 atom stereocenters. The summed E-state index contributed by atoms with van der Waals surface area (Å²) in [6.07, 6.45) is 4.68. The second-order valence-electron chi connectivity index (χ2n) is 7.88. The Morgan fingerprint density at radius 2 is 2.08 bits per heavy atom. The van der Waals surface area contributed by atoms with E-state index in [0.717, 1.165) is 5.56 Å². The van der Waals surface area contributed by atoms with Crippen LogP contribution >= 0.6 is 13.5 Å². The van der Waals surface area contributed by atoms with Crippen molar-refractivity contribution in [2.45, 2.75) is 12.6 Å². The van der Waals surface area contributed by atoms with Gasteiger partial charge in [0, 0.05) is 37.5 Å². The van der Waals surface area contributed by atoms with Crippen LogP contribution in [0.5, 0.6) is 11.5 Å². The van der Waals surface area contributed by atoms with Crippen LogP contribution in [0.2, 0.25) is 0 Å². The quantitative estimate of drug-likeness (QED) is 0.421. The first-order chi connectivity index (χ1) is 16.9. The van der Waals surface area contributed by atoms with E-state index in [-0.39, 0.29) is 44.1 Å². The molecule has 1 saturated heterocycles. The summed E-state index contributed by atoms with van der Waals surface area (Å²) in [7, 11) is 4.66. The molecule has 36 heavy (non-hydrogen) atoms. The predicted molar refractivity (Wildman–Crippen MR) is 133 cm³/mol. The summed E-state index contributed by atoms with van der Waals surface area (Å²) in [5.74, 6) is -0.234. The van der Waals surface area contributed by atoms with Gasteiger partial charge in [-0.2, -0.15) is 18.6 Å². The van der Waals surface area contributed by atoms with Crippen molar-refractivity contribution in [3.8, 4) is 22.8 Å². The number of alkyl carbamates (subject to hydrolysis) is 1. The number of hydrogen-bond donors (Lipinski definition) is 1. The zero-order chi connectivity index (χ0) is 24.5. The van der Waals surface area contributed by atoms with E-state index in [1.807, 2.05) is 13.2 Å². The first-order valence-electron chi connectivity index (χ1n) is 10.7. The van der Waals surface area contributed by atoms with Crippen molar-refractivity contribution >= 4 is 36.4 Å². The number of carbonyl (C=O) groups is 1. The number of amides is 1. The zero-order valence-electron chi connectivity index (χ0n) is 19.7. The van der Waals surface area contributed by atoms with E-state index < -0.39 is 11.9 Å². The molecule has 1 aliphatic rings. The fourth-order valence-electron chi connectivity index (χ4n) is 3.80. The Morgan fingerprint density at radius 1 is 1.25 bits per heavy atom. The molecule has 0 spiro atoms. The number of carbonyl (C=O) groups excluding carboxylic acids is 1. The second-order valence-corrected chi connectivity index (χ2v) is 7.88. The molecule has 0 bridgehead atoms. The molecular weight excluding hydrogens is 489 g/mol. The molecule has 13 heteroatoms. The Morgan fingerprint density at radius 3 is 2.75 bits per heavy atom. The number of fused-ring (bicyclic) bond motifs is 1. The molecule has 5 rings (SSSR count). The lowest BCUT2D eigenvalue weighted by molar-refractivity contribution is 0.176. The SMILES string of the molecule is COc1cc(N=c2ccc3ncc(-c4cnn(C)c4)nc3n2CC2COC(=O)N2)c(F)c(OC)c1.S. The van der Waals surface area contributed by atoms with Gasteiger partial charge in [-0.1, -0.05) is 0 Å². The number of ether oxygens (including phenoxy) is 3. The van der Waals surface area contributed by atoms with E-state index in [4.69, 9.17) is 19.2 Å². The fourth-order valence-corrected chi connectivity index (χ4v) is 3.80. The summed E-state index contributed by atoms with van der Waals surface area (Å²) in [6, 6.07) is 6.05. The first-order valence-corrected chi connectivity index (χ1v) is 10.7. The second kappa shape index (κ2) is 10.2. The van der Waals surface area contributed by atoms with E-state index in [2.05, 4.69) is 20.4 Å². The lowest BCUT2D eigenvalue weighted by Gasteiger charge is -2.15.